The van der Waals surface area contributed by atoms with Gasteiger partial charge in [-0.15, -0.1) is 0 Å². The number of aldehydes is 1. The van der Waals surface area contributed by atoms with E-state index < -0.39 is 6.61 Å². The highest BCUT2D eigenvalue weighted by Crippen LogP contribution is 2.15. The molecule has 4 nitrogen and oxygen atoms in total. The predicted molar refractivity (Wildman–Crippen MR) is 116 cm³/mol. The molecule has 0 fully saturated rings. The molecule has 0 aromatic heterocycles. The summed E-state index contributed by atoms with van der Waals surface area (Å²) >= 11 is 0. The van der Waals surface area contributed by atoms with Crippen LogP contribution in [-0.2, 0) is 13.1 Å². The van der Waals surface area contributed by atoms with Crippen LogP contribution in [0.3, 0.4) is 0 Å². The summed E-state index contributed by atoms with van der Waals surface area (Å²) < 4.78 is 28.4. The Labute approximate surface area is 175 Å². The van der Waals surface area contributed by atoms with Gasteiger partial charge >= 0.3 is 6.61 Å². The second-order valence-electron chi connectivity index (χ2n) is 6.60. The minimum Gasteiger partial charge on any atom is -0.435 e. The third kappa shape index (κ3) is 8.41. The van der Waals surface area contributed by atoms with Gasteiger partial charge in [0.1, 0.15) is 12.0 Å². The fraction of sp³-hybridized carbons (Fsp3) is 0.208. The minimum atomic E-state index is -2.78. The van der Waals surface area contributed by atoms with E-state index in [-0.39, 0.29) is 5.75 Å². The fourth-order valence-corrected chi connectivity index (χ4v) is 2.62. The molecule has 0 aliphatic carbocycles. The molecule has 30 heavy (non-hydrogen) atoms. The number of nitrogens with one attached hydrogen (secondary N) is 2. The number of carbonyl (C=O) groups excluding carboxylic acids is 1. The van der Waals surface area contributed by atoms with Crippen LogP contribution in [0.5, 0.6) is 5.75 Å². The number of hydrogen-bond donors (Lipinski definition) is 2. The Hall–Kier alpha value is -3.25. The first-order valence-corrected chi connectivity index (χ1v) is 9.53. The Morgan fingerprint density at radius 1 is 0.933 bits per heavy atom. The van der Waals surface area contributed by atoms with Crippen molar-refractivity contribution < 1.29 is 18.3 Å². The van der Waals surface area contributed by atoms with Gasteiger partial charge in [0, 0.05) is 31.4 Å². The first-order valence-electron chi connectivity index (χ1n) is 9.53. The Morgan fingerprint density at radius 2 is 1.60 bits per heavy atom. The van der Waals surface area contributed by atoms with Crippen molar-refractivity contribution in [1.82, 2.24) is 5.32 Å². The van der Waals surface area contributed by atoms with Crippen LogP contribution in [0.25, 0.3) is 0 Å². The van der Waals surface area contributed by atoms with Crippen molar-refractivity contribution in [2.75, 3.05) is 12.4 Å². The minimum absolute atomic E-state index is 0.176. The second kappa shape index (κ2) is 12.3. The highest BCUT2D eigenvalue weighted by molar-refractivity contribution is 5.74. The van der Waals surface area contributed by atoms with E-state index >= 15 is 0 Å². The molecule has 0 atom stereocenters. The summed E-state index contributed by atoms with van der Waals surface area (Å²) in [5.74, 6) is 0.176. The standard InChI is InChI=1S/C16H18F2N2O.C8H8O/c1-19-14-4-2-3-13(9-14)11-20-10-12-5-7-15(8-6-12)21-16(17)18;1-7-2-4-8(6-9)5-3-7/h2-9,16,19-20H,10-11H2,1H3;2-6H,1H3. The zero-order valence-electron chi connectivity index (χ0n) is 17.1. The first-order chi connectivity index (χ1) is 14.5. The van der Waals surface area contributed by atoms with Gasteiger partial charge in [-0.1, -0.05) is 54.1 Å². The van der Waals surface area contributed by atoms with Gasteiger partial charge < -0.3 is 15.4 Å². The van der Waals surface area contributed by atoms with Crippen LogP contribution in [0.1, 0.15) is 27.0 Å². The van der Waals surface area contributed by atoms with Gasteiger partial charge in [-0.2, -0.15) is 8.78 Å². The molecule has 0 unspecified atom stereocenters. The normalized spacial score (nSPS) is 10.2. The van der Waals surface area contributed by atoms with Crippen LogP contribution in [0.4, 0.5) is 14.5 Å². The molecule has 0 saturated carbocycles. The largest absolute Gasteiger partial charge is 0.435 e. The van der Waals surface area contributed by atoms with E-state index in [1.54, 1.807) is 24.3 Å². The molecule has 0 saturated heterocycles. The average Bonchev–Trinajstić information content (AvgIpc) is 2.76. The average molecular weight is 412 g/mol. The van der Waals surface area contributed by atoms with Crippen LogP contribution < -0.4 is 15.4 Å². The van der Waals surface area contributed by atoms with Crippen LogP contribution in [0, 0.1) is 6.92 Å². The summed E-state index contributed by atoms with van der Waals surface area (Å²) in [4.78, 5) is 10.1. The summed E-state index contributed by atoms with van der Waals surface area (Å²) in [6, 6.07) is 22.2. The molecule has 0 amide bonds. The maximum Gasteiger partial charge on any atom is 0.387 e. The monoisotopic (exact) mass is 412 g/mol. The van der Waals surface area contributed by atoms with Crippen LogP contribution in [0.2, 0.25) is 0 Å². The first kappa shape index (κ1) is 23.0. The number of anilines is 1. The maximum atomic E-state index is 12.0. The van der Waals surface area contributed by atoms with E-state index in [4.69, 9.17) is 0 Å². The molecular weight excluding hydrogens is 386 g/mol. The smallest absolute Gasteiger partial charge is 0.387 e. The zero-order chi connectivity index (χ0) is 21.8. The Balaban J connectivity index is 0.000000297. The van der Waals surface area contributed by atoms with Crippen LogP contribution >= 0.6 is 0 Å². The lowest BCUT2D eigenvalue weighted by molar-refractivity contribution is -0.0498. The van der Waals surface area contributed by atoms with Gasteiger partial charge in [-0.05, 0) is 42.3 Å². The number of carbonyl (C=O) groups is 1. The number of benzene rings is 3. The van der Waals surface area contributed by atoms with Crippen molar-refractivity contribution >= 4 is 12.0 Å². The molecule has 0 aliphatic rings. The number of aryl methyl sites for hydroxylation is 1. The Bertz CT molecular complexity index is 898. The van der Waals surface area contributed by atoms with E-state index in [0.717, 1.165) is 29.6 Å². The quantitative estimate of drug-likeness (QED) is 0.485. The van der Waals surface area contributed by atoms with Gasteiger partial charge in [0.15, 0.2) is 0 Å². The third-order valence-electron chi connectivity index (χ3n) is 4.24. The van der Waals surface area contributed by atoms with Gasteiger partial charge in [0.05, 0.1) is 0 Å². The molecule has 0 heterocycles. The van der Waals surface area contributed by atoms with Crippen molar-refractivity contribution in [2.24, 2.45) is 0 Å². The summed E-state index contributed by atoms with van der Waals surface area (Å²) in [6.07, 6.45) is 0.847. The third-order valence-corrected chi connectivity index (χ3v) is 4.24. The lowest BCUT2D eigenvalue weighted by Gasteiger charge is -2.08. The summed E-state index contributed by atoms with van der Waals surface area (Å²) in [7, 11) is 1.88. The van der Waals surface area contributed by atoms with E-state index in [1.807, 2.05) is 56.4 Å². The maximum absolute atomic E-state index is 12.0. The SMILES string of the molecule is CNc1cccc(CNCc2ccc(OC(F)F)cc2)c1.Cc1ccc(C=O)cc1. The van der Waals surface area contributed by atoms with Gasteiger partial charge in [-0.25, -0.2) is 0 Å². The van der Waals surface area contributed by atoms with Crippen molar-refractivity contribution in [1.29, 1.82) is 0 Å². The summed E-state index contributed by atoms with van der Waals surface area (Å²) in [6.45, 7) is 0.617. The van der Waals surface area contributed by atoms with Gasteiger partial charge in [-0.3, -0.25) is 4.79 Å². The predicted octanol–water partition coefficient (Wildman–Crippen LogP) is 5.43. The Morgan fingerprint density at radius 3 is 2.20 bits per heavy atom. The highest BCUT2D eigenvalue weighted by Gasteiger charge is 2.03. The zero-order valence-corrected chi connectivity index (χ0v) is 17.1. The molecule has 0 radical (unpaired) electrons. The lowest BCUT2D eigenvalue weighted by atomic mass is 10.2. The number of hydrogen-bond acceptors (Lipinski definition) is 4. The molecule has 6 heteroatoms. The van der Waals surface area contributed by atoms with Crippen molar-refractivity contribution in [3.63, 3.8) is 0 Å². The van der Waals surface area contributed by atoms with Crippen LogP contribution in [0.15, 0.2) is 72.8 Å². The second-order valence-corrected chi connectivity index (χ2v) is 6.60. The van der Waals surface area contributed by atoms with Crippen LogP contribution in [-0.4, -0.2) is 19.9 Å². The summed E-state index contributed by atoms with van der Waals surface area (Å²) in [5.41, 5.74) is 5.19. The molecule has 3 aromatic rings. The van der Waals surface area contributed by atoms with Gasteiger partial charge in [0.25, 0.3) is 0 Å². The number of alkyl halides is 2. The summed E-state index contributed by atoms with van der Waals surface area (Å²) in [5, 5.41) is 6.41. The van der Waals surface area contributed by atoms with Crippen molar-refractivity contribution in [3.8, 4) is 5.75 Å². The van der Waals surface area contributed by atoms with E-state index in [1.165, 1.54) is 11.1 Å². The number of rotatable bonds is 8. The molecular formula is C24H26F2N2O2. The molecule has 0 aliphatic heterocycles. The molecule has 2 N–H and O–H groups in total. The molecule has 0 spiro atoms. The lowest BCUT2D eigenvalue weighted by Crippen LogP contribution is -2.12. The molecule has 158 valence electrons. The van der Waals surface area contributed by atoms with E-state index in [0.29, 0.717) is 6.54 Å². The van der Waals surface area contributed by atoms with Crippen molar-refractivity contribution in [3.05, 3.63) is 95.1 Å². The Kier molecular flexibility index (Phi) is 9.48. The fourth-order valence-electron chi connectivity index (χ4n) is 2.62. The van der Waals surface area contributed by atoms with Crippen molar-refractivity contribution in [2.45, 2.75) is 26.6 Å². The van der Waals surface area contributed by atoms with E-state index in [9.17, 15) is 13.6 Å². The highest BCUT2D eigenvalue weighted by atomic mass is 19.3. The number of ether oxygens (including phenoxy) is 1. The topological polar surface area (TPSA) is 50.4 Å². The van der Waals surface area contributed by atoms with Gasteiger partial charge in [0.2, 0.25) is 0 Å². The number of halogens is 2. The van der Waals surface area contributed by atoms with E-state index in [2.05, 4.69) is 21.4 Å². The molecule has 3 rings (SSSR count). The molecule has 0 bridgehead atoms. The molecule has 3 aromatic carbocycles.